The van der Waals surface area contributed by atoms with Crippen molar-refractivity contribution >= 4 is 34.9 Å². The van der Waals surface area contributed by atoms with E-state index in [-0.39, 0.29) is 12.4 Å². The number of carbonyl (C=O) groups is 1. The Morgan fingerprint density at radius 3 is 2.68 bits per heavy atom. The van der Waals surface area contributed by atoms with E-state index in [1.807, 2.05) is 25.1 Å². The molecule has 0 amide bonds. The summed E-state index contributed by atoms with van der Waals surface area (Å²) in [7, 11) is 1.56. The first-order chi connectivity index (χ1) is 14.9. The molecule has 0 saturated carbocycles. The Hall–Kier alpha value is -3.10. The quantitative estimate of drug-likeness (QED) is 0.581. The third-order valence-corrected chi connectivity index (χ3v) is 5.71. The molecule has 1 aliphatic rings. The molecule has 0 spiro atoms. The summed E-state index contributed by atoms with van der Waals surface area (Å²) >= 11 is 12.0. The van der Waals surface area contributed by atoms with Crippen LogP contribution in [0.15, 0.2) is 47.7 Å². The highest BCUT2D eigenvalue weighted by atomic mass is 35.5. The number of hydrogen-bond donors (Lipinski definition) is 1. The lowest BCUT2D eigenvalue weighted by molar-refractivity contribution is -0.114. The molecule has 0 aliphatic carbocycles. The number of allylic oxidation sites excluding steroid dienone is 2. The Balaban J connectivity index is 1.66. The average Bonchev–Trinajstić information content (AvgIpc) is 3.21. The highest BCUT2D eigenvalue weighted by molar-refractivity contribution is 6.42. The number of ether oxygens (including phenoxy) is 2. The topological polar surface area (TPSA) is 91.2 Å². The fraction of sp³-hybridized carbons (Fsp3) is 0.238. The van der Waals surface area contributed by atoms with Gasteiger partial charge in [-0.2, -0.15) is 4.68 Å². The summed E-state index contributed by atoms with van der Waals surface area (Å²) in [6, 6.07) is 10.3. The second-order valence-corrected chi connectivity index (χ2v) is 7.83. The predicted octanol–water partition coefficient (Wildman–Crippen LogP) is 4.45. The van der Waals surface area contributed by atoms with Crippen LogP contribution in [0.5, 0.6) is 11.5 Å². The van der Waals surface area contributed by atoms with Gasteiger partial charge in [-0.15, -0.1) is 0 Å². The van der Waals surface area contributed by atoms with Crippen molar-refractivity contribution in [3.8, 4) is 11.5 Å². The summed E-state index contributed by atoms with van der Waals surface area (Å²) in [5, 5.41) is 15.8. The number of anilines is 1. The zero-order valence-electron chi connectivity index (χ0n) is 17.0. The third-order valence-electron chi connectivity index (χ3n) is 4.98. The SMILES string of the molecule is COc1cc(C2C(C(C)=O)=C(C)Nc3nnnn32)ccc1OCc1ccc(Cl)c(Cl)c1. The van der Waals surface area contributed by atoms with Crippen LogP contribution in [-0.4, -0.2) is 33.1 Å². The number of tetrazole rings is 1. The third kappa shape index (κ3) is 4.08. The number of halogens is 2. The smallest absolute Gasteiger partial charge is 0.248 e. The Morgan fingerprint density at radius 2 is 1.97 bits per heavy atom. The molecule has 1 aliphatic heterocycles. The van der Waals surface area contributed by atoms with Gasteiger partial charge in [0.1, 0.15) is 12.6 Å². The number of ketones is 1. The summed E-state index contributed by atoms with van der Waals surface area (Å²) in [4.78, 5) is 12.4. The fourth-order valence-corrected chi connectivity index (χ4v) is 3.86. The van der Waals surface area contributed by atoms with Gasteiger partial charge in [0.05, 0.1) is 17.2 Å². The molecule has 2 heterocycles. The van der Waals surface area contributed by atoms with Crippen LogP contribution in [0.1, 0.15) is 31.0 Å². The molecule has 0 fully saturated rings. The second-order valence-electron chi connectivity index (χ2n) is 7.02. The van der Waals surface area contributed by atoms with Crippen molar-refractivity contribution in [3.63, 3.8) is 0 Å². The van der Waals surface area contributed by atoms with E-state index in [0.29, 0.717) is 38.8 Å². The molecule has 10 heteroatoms. The van der Waals surface area contributed by atoms with E-state index >= 15 is 0 Å². The highest BCUT2D eigenvalue weighted by Crippen LogP contribution is 2.38. The Morgan fingerprint density at radius 1 is 1.16 bits per heavy atom. The number of Topliss-reactive ketones (excluding diaryl/α,β-unsaturated/α-hetero) is 1. The van der Waals surface area contributed by atoms with Crippen LogP contribution in [0.2, 0.25) is 10.0 Å². The molecular weight excluding hydrogens is 441 g/mol. The number of fused-ring (bicyclic) bond motifs is 1. The summed E-state index contributed by atoms with van der Waals surface area (Å²) in [5.74, 6) is 1.46. The van der Waals surface area contributed by atoms with Crippen LogP contribution in [0.3, 0.4) is 0 Å². The van der Waals surface area contributed by atoms with E-state index in [1.165, 1.54) is 6.92 Å². The molecule has 160 valence electrons. The average molecular weight is 460 g/mol. The minimum absolute atomic E-state index is 0.0740. The van der Waals surface area contributed by atoms with Crippen molar-refractivity contribution in [1.29, 1.82) is 0 Å². The highest BCUT2D eigenvalue weighted by Gasteiger charge is 2.32. The number of nitrogens with one attached hydrogen (secondary N) is 1. The van der Waals surface area contributed by atoms with Crippen LogP contribution in [0.25, 0.3) is 0 Å². The summed E-state index contributed by atoms with van der Waals surface area (Å²) < 4.78 is 13.1. The van der Waals surface area contributed by atoms with Crippen LogP contribution < -0.4 is 14.8 Å². The van der Waals surface area contributed by atoms with Crippen molar-refractivity contribution in [2.45, 2.75) is 26.5 Å². The molecule has 0 bridgehead atoms. The van der Waals surface area contributed by atoms with Crippen molar-refractivity contribution < 1.29 is 14.3 Å². The van der Waals surface area contributed by atoms with Gasteiger partial charge in [-0.1, -0.05) is 40.4 Å². The van der Waals surface area contributed by atoms with Gasteiger partial charge in [0, 0.05) is 11.3 Å². The summed E-state index contributed by atoms with van der Waals surface area (Å²) in [6.45, 7) is 3.64. The Labute approximate surface area is 188 Å². The molecule has 2 aromatic carbocycles. The summed E-state index contributed by atoms with van der Waals surface area (Å²) in [6.07, 6.45) is 0. The van der Waals surface area contributed by atoms with Crippen LogP contribution >= 0.6 is 23.2 Å². The molecule has 1 aromatic heterocycles. The van der Waals surface area contributed by atoms with Crippen molar-refractivity contribution in [2.24, 2.45) is 0 Å². The molecule has 1 unspecified atom stereocenters. The fourth-order valence-electron chi connectivity index (χ4n) is 3.54. The predicted molar refractivity (Wildman–Crippen MR) is 117 cm³/mol. The normalized spacial score (nSPS) is 15.3. The number of rotatable bonds is 6. The van der Waals surface area contributed by atoms with E-state index in [0.717, 1.165) is 11.1 Å². The van der Waals surface area contributed by atoms with E-state index in [2.05, 4.69) is 20.8 Å². The van der Waals surface area contributed by atoms with Gasteiger partial charge < -0.3 is 14.8 Å². The van der Waals surface area contributed by atoms with Gasteiger partial charge in [0.25, 0.3) is 0 Å². The maximum atomic E-state index is 12.4. The van der Waals surface area contributed by atoms with Crippen LogP contribution in [0.4, 0.5) is 5.95 Å². The van der Waals surface area contributed by atoms with Crippen LogP contribution in [-0.2, 0) is 11.4 Å². The Kier molecular flexibility index (Phi) is 5.84. The first kappa shape index (κ1) is 21.1. The van der Waals surface area contributed by atoms with Crippen LogP contribution in [0, 0.1) is 0 Å². The molecule has 8 nitrogen and oxygen atoms in total. The standard InChI is InChI=1S/C21H19Cl2N5O3/c1-11-19(12(2)29)20(28-21(24-11)25-26-27-28)14-5-7-17(18(9-14)30-3)31-10-13-4-6-15(22)16(23)8-13/h4-9,20H,10H2,1-3H3,(H,24,25,27). The van der Waals surface area contributed by atoms with E-state index in [4.69, 9.17) is 32.7 Å². The first-order valence-electron chi connectivity index (χ1n) is 9.40. The largest absolute Gasteiger partial charge is 0.493 e. The van der Waals surface area contributed by atoms with Crippen molar-refractivity contribution in [1.82, 2.24) is 20.2 Å². The molecule has 0 radical (unpaired) electrons. The Bertz CT molecular complexity index is 1190. The monoisotopic (exact) mass is 459 g/mol. The van der Waals surface area contributed by atoms with E-state index < -0.39 is 6.04 Å². The second kappa shape index (κ2) is 8.56. The molecule has 31 heavy (non-hydrogen) atoms. The number of hydrogen-bond acceptors (Lipinski definition) is 7. The number of benzene rings is 2. The lowest BCUT2D eigenvalue weighted by Crippen LogP contribution is -2.27. The van der Waals surface area contributed by atoms with Gasteiger partial charge in [0.15, 0.2) is 17.3 Å². The number of carbonyl (C=O) groups excluding carboxylic acids is 1. The molecule has 1 N–H and O–H groups in total. The molecule has 1 atom stereocenters. The summed E-state index contributed by atoms with van der Waals surface area (Å²) in [5.41, 5.74) is 2.94. The van der Waals surface area contributed by atoms with Gasteiger partial charge in [-0.3, -0.25) is 4.79 Å². The molecule has 3 aromatic rings. The minimum Gasteiger partial charge on any atom is -0.493 e. The van der Waals surface area contributed by atoms with Gasteiger partial charge in [-0.25, -0.2) is 0 Å². The van der Waals surface area contributed by atoms with Crippen molar-refractivity contribution in [3.05, 3.63) is 68.8 Å². The van der Waals surface area contributed by atoms with Gasteiger partial charge in [0.2, 0.25) is 5.95 Å². The maximum Gasteiger partial charge on any atom is 0.248 e. The van der Waals surface area contributed by atoms with Gasteiger partial charge in [-0.05, 0) is 59.7 Å². The number of nitrogens with zero attached hydrogens (tertiary/aromatic N) is 4. The molecule has 4 rings (SSSR count). The zero-order valence-corrected chi connectivity index (χ0v) is 18.5. The lowest BCUT2D eigenvalue weighted by Gasteiger charge is -2.27. The number of methoxy groups -OCH3 is 1. The first-order valence-corrected chi connectivity index (χ1v) is 10.2. The molecular formula is C21H19Cl2N5O3. The molecule has 0 saturated heterocycles. The van der Waals surface area contributed by atoms with Crippen molar-refractivity contribution in [2.75, 3.05) is 12.4 Å². The number of aromatic nitrogens is 4. The maximum absolute atomic E-state index is 12.4. The lowest BCUT2D eigenvalue weighted by atomic mass is 9.93. The van der Waals surface area contributed by atoms with Gasteiger partial charge >= 0.3 is 0 Å². The van der Waals surface area contributed by atoms with E-state index in [1.54, 1.807) is 30.0 Å². The minimum atomic E-state index is -0.484. The van der Waals surface area contributed by atoms with E-state index in [9.17, 15) is 4.79 Å². The zero-order chi connectivity index (χ0) is 22.1.